The van der Waals surface area contributed by atoms with Crippen LogP contribution >= 0.6 is 0 Å². The number of carbonyl (C=O) groups is 1. The highest BCUT2D eigenvalue weighted by Crippen LogP contribution is 1.81. The number of methoxy groups -OCH3 is 1. The molecule has 0 aromatic carbocycles. The number of nitrogens with zero attached hydrogens (tertiary/aromatic N) is 1. The molecule has 3 nitrogen and oxygen atoms in total. The molecule has 0 rings (SSSR count). The highest BCUT2D eigenvalue weighted by Gasteiger charge is 2.01. The minimum Gasteiger partial charge on any atom is -0.452 e. The van der Waals surface area contributed by atoms with Gasteiger partial charge in [-0.25, -0.2) is 10.1 Å². The Morgan fingerprint density at radius 3 is 2.25 bits per heavy atom. The maximum absolute atomic E-state index is 10.2. The zero-order valence-electron chi connectivity index (χ0n) is 5.34. The number of hydrogen-bond acceptors (Lipinski definition) is 2. The van der Waals surface area contributed by atoms with E-state index in [4.69, 9.17) is 0 Å². The average Bonchev–Trinajstić information content (AvgIpc) is 1.65. The molecule has 0 bridgehead atoms. The third-order valence-electron chi connectivity index (χ3n) is 0.538. The topological polar surface area (TPSA) is 40.4 Å². The standard InChI is InChI=1S/C5H10NO2/c1-4(2)6-5(7)8-3/h4H,1-3H3. The Bertz CT molecular complexity index is 80.5. The van der Waals surface area contributed by atoms with Crippen LogP contribution in [0.5, 0.6) is 0 Å². The number of amides is 1. The second-order valence-corrected chi connectivity index (χ2v) is 1.69. The molecule has 0 spiro atoms. The smallest absolute Gasteiger partial charge is 0.428 e. The van der Waals surface area contributed by atoms with Gasteiger partial charge in [-0.15, -0.1) is 0 Å². The Kier molecular flexibility index (Phi) is 2.99. The fourth-order valence-corrected chi connectivity index (χ4v) is 0.264. The quantitative estimate of drug-likeness (QED) is 0.507. The second-order valence-electron chi connectivity index (χ2n) is 1.69. The van der Waals surface area contributed by atoms with Crippen LogP contribution in [0.2, 0.25) is 0 Å². The minimum atomic E-state index is -0.500. The zero-order chi connectivity index (χ0) is 6.57. The molecule has 0 saturated heterocycles. The van der Waals surface area contributed by atoms with E-state index in [0.717, 1.165) is 0 Å². The van der Waals surface area contributed by atoms with Gasteiger partial charge in [0.1, 0.15) is 0 Å². The molecule has 1 radical (unpaired) electrons. The molecule has 0 aromatic heterocycles. The van der Waals surface area contributed by atoms with Gasteiger partial charge in [-0.3, -0.25) is 0 Å². The highest BCUT2D eigenvalue weighted by molar-refractivity contribution is 5.66. The van der Waals surface area contributed by atoms with Gasteiger partial charge in [-0.2, -0.15) is 0 Å². The maximum Gasteiger partial charge on any atom is 0.428 e. The lowest BCUT2D eigenvalue weighted by atomic mass is 10.4. The van der Waals surface area contributed by atoms with Gasteiger partial charge in [-0.1, -0.05) is 0 Å². The van der Waals surface area contributed by atoms with Crippen LogP contribution in [-0.4, -0.2) is 19.2 Å². The van der Waals surface area contributed by atoms with Crippen LogP contribution in [0.15, 0.2) is 0 Å². The lowest BCUT2D eigenvalue weighted by Crippen LogP contribution is -2.21. The van der Waals surface area contributed by atoms with Crippen LogP contribution in [0, 0.1) is 0 Å². The van der Waals surface area contributed by atoms with Crippen LogP contribution in [-0.2, 0) is 4.74 Å². The van der Waals surface area contributed by atoms with Crippen molar-refractivity contribution in [3.8, 4) is 0 Å². The summed E-state index contributed by atoms with van der Waals surface area (Å²) in [5, 5.41) is 3.53. The molecule has 0 N–H and O–H groups in total. The van der Waals surface area contributed by atoms with Crippen molar-refractivity contribution in [2.45, 2.75) is 19.9 Å². The van der Waals surface area contributed by atoms with Crippen molar-refractivity contribution in [1.29, 1.82) is 0 Å². The maximum atomic E-state index is 10.2. The lowest BCUT2D eigenvalue weighted by molar-refractivity contribution is 0.167. The van der Waals surface area contributed by atoms with Gasteiger partial charge in [0.25, 0.3) is 0 Å². The normalized spacial score (nSPS) is 9.00. The van der Waals surface area contributed by atoms with Gasteiger partial charge in [0.15, 0.2) is 0 Å². The first-order valence-electron chi connectivity index (χ1n) is 2.45. The van der Waals surface area contributed by atoms with E-state index in [9.17, 15) is 4.79 Å². The number of rotatable bonds is 1. The summed E-state index contributed by atoms with van der Waals surface area (Å²) in [6.07, 6.45) is -0.500. The molecular formula is C5H10NO2. The largest absolute Gasteiger partial charge is 0.452 e. The van der Waals surface area contributed by atoms with Gasteiger partial charge in [0.05, 0.1) is 13.2 Å². The van der Waals surface area contributed by atoms with Crippen molar-refractivity contribution in [1.82, 2.24) is 5.32 Å². The van der Waals surface area contributed by atoms with Crippen molar-refractivity contribution in [2.75, 3.05) is 7.11 Å². The monoisotopic (exact) mass is 116 g/mol. The molecule has 0 saturated carbocycles. The van der Waals surface area contributed by atoms with E-state index in [2.05, 4.69) is 10.1 Å². The fourth-order valence-electron chi connectivity index (χ4n) is 0.264. The predicted octanol–water partition coefficient (Wildman–Crippen LogP) is 0.766. The molecule has 0 aromatic rings. The second kappa shape index (κ2) is 3.29. The summed E-state index contributed by atoms with van der Waals surface area (Å²) in [4.78, 5) is 10.2. The molecule has 3 heteroatoms. The Balaban J connectivity index is 3.25. The molecule has 0 atom stereocenters. The molecule has 0 fully saturated rings. The summed E-state index contributed by atoms with van der Waals surface area (Å²) in [5.41, 5.74) is 0. The molecule has 0 aliphatic rings. The van der Waals surface area contributed by atoms with Crippen LogP contribution < -0.4 is 5.32 Å². The summed E-state index contributed by atoms with van der Waals surface area (Å²) < 4.78 is 4.26. The van der Waals surface area contributed by atoms with E-state index >= 15 is 0 Å². The van der Waals surface area contributed by atoms with Crippen LogP contribution in [0.4, 0.5) is 4.79 Å². The molecule has 0 heterocycles. The van der Waals surface area contributed by atoms with Gasteiger partial charge in [0, 0.05) is 0 Å². The molecule has 8 heavy (non-hydrogen) atoms. The predicted molar refractivity (Wildman–Crippen MR) is 29.7 cm³/mol. The Labute approximate surface area is 49.0 Å². The van der Waals surface area contributed by atoms with E-state index in [1.54, 1.807) is 0 Å². The van der Waals surface area contributed by atoms with E-state index in [1.807, 2.05) is 13.8 Å². The zero-order valence-corrected chi connectivity index (χ0v) is 5.34. The summed E-state index contributed by atoms with van der Waals surface area (Å²) in [6.45, 7) is 3.63. The van der Waals surface area contributed by atoms with Crippen molar-refractivity contribution in [2.24, 2.45) is 0 Å². The van der Waals surface area contributed by atoms with E-state index in [1.165, 1.54) is 7.11 Å². The Morgan fingerprint density at radius 1 is 1.62 bits per heavy atom. The highest BCUT2D eigenvalue weighted by atomic mass is 16.5. The fraction of sp³-hybridized carbons (Fsp3) is 0.800. The van der Waals surface area contributed by atoms with Gasteiger partial charge < -0.3 is 4.74 Å². The summed E-state index contributed by atoms with van der Waals surface area (Å²) >= 11 is 0. The lowest BCUT2D eigenvalue weighted by Gasteiger charge is -2.00. The molecular weight excluding hydrogens is 106 g/mol. The average molecular weight is 116 g/mol. The molecule has 47 valence electrons. The minimum absolute atomic E-state index is 0.0300. The summed E-state index contributed by atoms with van der Waals surface area (Å²) in [7, 11) is 1.31. The third-order valence-corrected chi connectivity index (χ3v) is 0.538. The Hall–Kier alpha value is -0.730. The summed E-state index contributed by atoms with van der Waals surface area (Å²) in [6, 6.07) is 0.0300. The van der Waals surface area contributed by atoms with Gasteiger partial charge >= 0.3 is 6.09 Å². The van der Waals surface area contributed by atoms with Gasteiger partial charge in [0.2, 0.25) is 0 Å². The van der Waals surface area contributed by atoms with Gasteiger partial charge in [-0.05, 0) is 13.8 Å². The molecule has 1 amide bonds. The van der Waals surface area contributed by atoms with E-state index in [-0.39, 0.29) is 6.04 Å². The van der Waals surface area contributed by atoms with E-state index < -0.39 is 6.09 Å². The molecule has 0 aliphatic heterocycles. The third kappa shape index (κ3) is 3.46. The van der Waals surface area contributed by atoms with Crippen molar-refractivity contribution in [3.63, 3.8) is 0 Å². The first kappa shape index (κ1) is 7.27. The first-order valence-corrected chi connectivity index (χ1v) is 2.45. The molecule has 0 aliphatic carbocycles. The SMILES string of the molecule is COC(=O)[N]C(C)C. The van der Waals surface area contributed by atoms with Crippen LogP contribution in [0.25, 0.3) is 0 Å². The van der Waals surface area contributed by atoms with Crippen LogP contribution in [0.1, 0.15) is 13.8 Å². The van der Waals surface area contributed by atoms with Crippen molar-refractivity contribution < 1.29 is 9.53 Å². The van der Waals surface area contributed by atoms with Crippen LogP contribution in [0.3, 0.4) is 0 Å². The van der Waals surface area contributed by atoms with E-state index in [0.29, 0.717) is 0 Å². The summed E-state index contributed by atoms with van der Waals surface area (Å²) in [5.74, 6) is 0. The molecule has 0 unspecified atom stereocenters. The number of hydrogen-bond donors (Lipinski definition) is 0. The van der Waals surface area contributed by atoms with Crippen molar-refractivity contribution in [3.05, 3.63) is 0 Å². The Morgan fingerprint density at radius 2 is 2.12 bits per heavy atom. The first-order chi connectivity index (χ1) is 3.66. The number of ether oxygens (including phenoxy) is 1. The number of carbonyl (C=O) groups excluding carboxylic acids is 1. The van der Waals surface area contributed by atoms with Crippen molar-refractivity contribution >= 4 is 6.09 Å².